The summed E-state index contributed by atoms with van der Waals surface area (Å²) < 4.78 is 0. The molecule has 0 radical (unpaired) electrons. The van der Waals surface area contributed by atoms with E-state index in [4.69, 9.17) is 12.6 Å². The van der Waals surface area contributed by atoms with Gasteiger partial charge in [-0.3, -0.25) is 0 Å². The number of fused-ring (bicyclic) bond motifs is 1. The Bertz CT molecular complexity index is 826. The molecule has 0 amide bonds. The van der Waals surface area contributed by atoms with Gasteiger partial charge in [-0.25, -0.2) is 0 Å². The molecule has 1 heteroatoms. The van der Waals surface area contributed by atoms with Gasteiger partial charge in [-0.05, 0) is 66.4 Å². The van der Waals surface area contributed by atoms with Crippen molar-refractivity contribution in [1.82, 2.24) is 0 Å². The molecule has 0 bridgehead atoms. The van der Waals surface area contributed by atoms with Gasteiger partial charge in [0.2, 0.25) is 0 Å². The van der Waals surface area contributed by atoms with Crippen molar-refractivity contribution in [2.45, 2.75) is 43.9 Å². The van der Waals surface area contributed by atoms with E-state index in [1.807, 2.05) is 0 Å². The number of rotatable bonds is 2. The molecule has 0 N–H and O–H groups in total. The smallest absolute Gasteiger partial charge is 0.0161 e. The summed E-state index contributed by atoms with van der Waals surface area (Å²) in [5, 5.41) is 0. The highest BCUT2D eigenvalue weighted by atomic mass is 32.1. The highest BCUT2D eigenvalue weighted by Gasteiger charge is 2.33. The Labute approximate surface area is 157 Å². The SMILES string of the molecule is Cc1ccc(C2c3cccc(S)c3CCC2C2=CCC(C)C=C2)cc1. The lowest BCUT2D eigenvalue weighted by atomic mass is 9.68. The van der Waals surface area contributed by atoms with E-state index in [1.54, 1.807) is 0 Å². The lowest BCUT2D eigenvalue weighted by Gasteiger charge is -2.36. The van der Waals surface area contributed by atoms with Gasteiger partial charge in [0.25, 0.3) is 0 Å². The van der Waals surface area contributed by atoms with Crippen molar-refractivity contribution in [2.75, 3.05) is 0 Å². The molecule has 3 unspecified atom stereocenters. The first kappa shape index (κ1) is 16.7. The van der Waals surface area contributed by atoms with Crippen molar-refractivity contribution in [1.29, 1.82) is 0 Å². The van der Waals surface area contributed by atoms with Gasteiger partial charge in [-0.15, -0.1) is 12.6 Å². The topological polar surface area (TPSA) is 0 Å². The zero-order chi connectivity index (χ0) is 17.4. The Morgan fingerprint density at radius 1 is 1.04 bits per heavy atom. The van der Waals surface area contributed by atoms with Crippen LogP contribution in [0.3, 0.4) is 0 Å². The van der Waals surface area contributed by atoms with Gasteiger partial charge in [-0.1, -0.05) is 67.1 Å². The minimum Gasteiger partial charge on any atom is -0.143 e. The minimum absolute atomic E-state index is 0.431. The molecule has 2 aliphatic rings. The molecule has 0 saturated heterocycles. The van der Waals surface area contributed by atoms with Crippen LogP contribution in [-0.2, 0) is 6.42 Å². The van der Waals surface area contributed by atoms with E-state index in [1.165, 1.54) is 40.7 Å². The van der Waals surface area contributed by atoms with E-state index < -0.39 is 0 Å². The first-order chi connectivity index (χ1) is 12.1. The molecule has 4 rings (SSSR count). The second kappa shape index (κ2) is 6.88. The number of aryl methyl sites for hydroxylation is 1. The third-order valence-electron chi connectivity index (χ3n) is 5.84. The van der Waals surface area contributed by atoms with Gasteiger partial charge < -0.3 is 0 Å². The summed E-state index contributed by atoms with van der Waals surface area (Å²) in [5.74, 6) is 1.66. The first-order valence-corrected chi connectivity index (χ1v) is 9.84. The van der Waals surface area contributed by atoms with Gasteiger partial charge in [0.05, 0.1) is 0 Å². The average molecular weight is 347 g/mol. The normalized spacial score (nSPS) is 25.4. The number of thiol groups is 1. The van der Waals surface area contributed by atoms with Crippen LogP contribution in [0.1, 0.15) is 47.9 Å². The molecule has 2 aliphatic carbocycles. The van der Waals surface area contributed by atoms with Crippen LogP contribution < -0.4 is 0 Å². The van der Waals surface area contributed by atoms with Gasteiger partial charge in [0, 0.05) is 10.8 Å². The summed E-state index contributed by atoms with van der Waals surface area (Å²) in [6, 6.07) is 15.8. The van der Waals surface area contributed by atoms with E-state index in [0.29, 0.717) is 17.8 Å². The van der Waals surface area contributed by atoms with Crippen molar-refractivity contribution >= 4 is 12.6 Å². The van der Waals surface area contributed by atoms with Crippen LogP contribution in [0.2, 0.25) is 0 Å². The maximum atomic E-state index is 4.74. The predicted molar refractivity (Wildman–Crippen MR) is 110 cm³/mol. The molecule has 2 aromatic rings. The summed E-state index contributed by atoms with van der Waals surface area (Å²) in [5.41, 5.74) is 7.20. The Morgan fingerprint density at radius 2 is 1.84 bits per heavy atom. The summed E-state index contributed by atoms with van der Waals surface area (Å²) in [7, 11) is 0. The minimum atomic E-state index is 0.431. The molecule has 0 saturated carbocycles. The molecular formula is C24H26S. The van der Waals surface area contributed by atoms with Crippen LogP contribution in [0.4, 0.5) is 0 Å². The standard InChI is InChI=1S/C24H26S/c1-16-6-10-18(11-7-16)20-14-15-21-22(4-3-5-23(21)25)24(20)19-12-8-17(2)9-13-19/h3-6,8-13,16,20,24-25H,7,14-15H2,1-2H3. The molecule has 0 fully saturated rings. The number of allylic oxidation sites excluding steroid dienone is 4. The molecule has 0 heterocycles. The van der Waals surface area contributed by atoms with Crippen LogP contribution in [0.15, 0.2) is 71.2 Å². The van der Waals surface area contributed by atoms with Crippen molar-refractivity contribution in [3.8, 4) is 0 Å². The quantitative estimate of drug-likeness (QED) is 0.589. The molecule has 0 aliphatic heterocycles. The lowest BCUT2D eigenvalue weighted by Crippen LogP contribution is -2.24. The molecule has 128 valence electrons. The summed E-state index contributed by atoms with van der Waals surface area (Å²) in [6.07, 6.45) is 10.7. The third kappa shape index (κ3) is 3.22. The Morgan fingerprint density at radius 3 is 2.56 bits per heavy atom. The van der Waals surface area contributed by atoms with E-state index in [0.717, 1.165) is 11.3 Å². The summed E-state index contributed by atoms with van der Waals surface area (Å²) in [4.78, 5) is 1.15. The highest BCUT2D eigenvalue weighted by molar-refractivity contribution is 7.80. The summed E-state index contributed by atoms with van der Waals surface area (Å²) >= 11 is 4.74. The largest absolute Gasteiger partial charge is 0.143 e. The fraction of sp³-hybridized carbons (Fsp3) is 0.333. The zero-order valence-corrected chi connectivity index (χ0v) is 16.0. The Balaban J connectivity index is 1.81. The summed E-state index contributed by atoms with van der Waals surface area (Å²) in [6.45, 7) is 4.46. The predicted octanol–water partition coefficient (Wildman–Crippen LogP) is 6.50. The highest BCUT2D eigenvalue weighted by Crippen LogP contribution is 2.46. The van der Waals surface area contributed by atoms with E-state index in [2.05, 4.69) is 74.5 Å². The lowest BCUT2D eigenvalue weighted by molar-refractivity contribution is 0.468. The van der Waals surface area contributed by atoms with Crippen LogP contribution in [-0.4, -0.2) is 0 Å². The second-order valence-corrected chi connectivity index (χ2v) is 8.14. The van der Waals surface area contributed by atoms with E-state index in [9.17, 15) is 0 Å². The average Bonchev–Trinajstić information content (AvgIpc) is 2.63. The molecule has 0 nitrogen and oxygen atoms in total. The van der Waals surface area contributed by atoms with Crippen LogP contribution >= 0.6 is 12.6 Å². The van der Waals surface area contributed by atoms with E-state index in [-0.39, 0.29) is 0 Å². The zero-order valence-electron chi connectivity index (χ0n) is 15.1. The number of benzene rings is 2. The Hall–Kier alpha value is -1.73. The van der Waals surface area contributed by atoms with Crippen LogP contribution in [0.25, 0.3) is 0 Å². The van der Waals surface area contributed by atoms with Crippen LogP contribution in [0, 0.1) is 18.8 Å². The van der Waals surface area contributed by atoms with Gasteiger partial charge in [0.1, 0.15) is 0 Å². The van der Waals surface area contributed by atoms with Crippen molar-refractivity contribution in [2.24, 2.45) is 11.8 Å². The van der Waals surface area contributed by atoms with Gasteiger partial charge >= 0.3 is 0 Å². The molecule has 2 aromatic carbocycles. The maximum Gasteiger partial charge on any atom is 0.0161 e. The monoisotopic (exact) mass is 346 g/mol. The maximum absolute atomic E-state index is 4.74. The third-order valence-corrected chi connectivity index (χ3v) is 6.26. The van der Waals surface area contributed by atoms with Crippen molar-refractivity contribution in [3.63, 3.8) is 0 Å². The molecule has 25 heavy (non-hydrogen) atoms. The van der Waals surface area contributed by atoms with Gasteiger partial charge in [0.15, 0.2) is 0 Å². The Kier molecular flexibility index (Phi) is 4.60. The van der Waals surface area contributed by atoms with Crippen LogP contribution in [0.5, 0.6) is 0 Å². The number of hydrogen-bond donors (Lipinski definition) is 1. The number of hydrogen-bond acceptors (Lipinski definition) is 1. The van der Waals surface area contributed by atoms with Gasteiger partial charge in [-0.2, -0.15) is 0 Å². The fourth-order valence-electron chi connectivity index (χ4n) is 4.40. The second-order valence-electron chi connectivity index (χ2n) is 7.65. The first-order valence-electron chi connectivity index (χ1n) is 9.39. The molecule has 0 aromatic heterocycles. The fourth-order valence-corrected chi connectivity index (χ4v) is 4.73. The molecule has 3 atom stereocenters. The van der Waals surface area contributed by atoms with Crippen molar-refractivity contribution < 1.29 is 0 Å². The molecule has 0 spiro atoms. The van der Waals surface area contributed by atoms with E-state index >= 15 is 0 Å². The molecular weight excluding hydrogens is 320 g/mol. The van der Waals surface area contributed by atoms with Crippen molar-refractivity contribution in [3.05, 3.63) is 88.5 Å².